The summed E-state index contributed by atoms with van der Waals surface area (Å²) in [5.41, 5.74) is 3.24. The molecule has 0 fully saturated rings. The van der Waals surface area contributed by atoms with Crippen LogP contribution in [-0.4, -0.2) is 17.0 Å². The molecule has 4 nitrogen and oxygen atoms in total. The number of carboxylic acid groups (broad SMARTS) is 1. The van der Waals surface area contributed by atoms with Crippen LogP contribution in [0, 0.1) is 0 Å². The SMILES string of the molecule is C=C(N/N=C(\F)c1ccccc1C(=O)O)c1ccc(Cl)cc1. The van der Waals surface area contributed by atoms with Crippen molar-refractivity contribution in [2.45, 2.75) is 0 Å². The van der Waals surface area contributed by atoms with Gasteiger partial charge >= 0.3 is 5.97 Å². The number of hydrogen-bond donors (Lipinski definition) is 2. The average molecular weight is 319 g/mol. The van der Waals surface area contributed by atoms with E-state index in [0.29, 0.717) is 16.3 Å². The fraction of sp³-hybridized carbons (Fsp3) is 0. The zero-order valence-corrected chi connectivity index (χ0v) is 12.1. The molecular weight excluding hydrogens is 307 g/mol. The van der Waals surface area contributed by atoms with Crippen molar-refractivity contribution in [3.8, 4) is 0 Å². The molecule has 0 radical (unpaired) electrons. The van der Waals surface area contributed by atoms with Crippen molar-refractivity contribution >= 4 is 29.2 Å². The van der Waals surface area contributed by atoms with Crippen molar-refractivity contribution in [3.63, 3.8) is 0 Å². The Labute approximate surface area is 131 Å². The number of carboxylic acids is 1. The molecule has 0 unspecified atom stereocenters. The van der Waals surface area contributed by atoms with E-state index >= 15 is 0 Å². The van der Waals surface area contributed by atoms with Crippen LogP contribution < -0.4 is 5.43 Å². The quantitative estimate of drug-likeness (QED) is 0.648. The number of hydrogen-bond acceptors (Lipinski definition) is 3. The Morgan fingerprint density at radius 2 is 1.73 bits per heavy atom. The predicted molar refractivity (Wildman–Crippen MR) is 84.7 cm³/mol. The molecule has 22 heavy (non-hydrogen) atoms. The molecule has 0 heterocycles. The first-order valence-corrected chi connectivity index (χ1v) is 6.63. The highest BCUT2D eigenvalue weighted by atomic mass is 35.5. The van der Waals surface area contributed by atoms with Gasteiger partial charge in [-0.1, -0.05) is 42.4 Å². The van der Waals surface area contributed by atoms with E-state index in [1.807, 2.05) is 0 Å². The molecule has 2 rings (SSSR count). The second-order valence-corrected chi connectivity index (χ2v) is 4.79. The van der Waals surface area contributed by atoms with E-state index < -0.39 is 11.9 Å². The molecule has 112 valence electrons. The molecule has 6 heteroatoms. The molecule has 0 spiro atoms. The number of aromatic carboxylic acids is 1. The van der Waals surface area contributed by atoms with Gasteiger partial charge in [0.1, 0.15) is 0 Å². The highest BCUT2D eigenvalue weighted by Gasteiger charge is 2.14. The number of benzene rings is 2. The molecular formula is C16H12ClFN2O2. The number of nitrogens with one attached hydrogen (secondary N) is 1. The summed E-state index contributed by atoms with van der Waals surface area (Å²) in [6.45, 7) is 3.73. The summed E-state index contributed by atoms with van der Waals surface area (Å²) in [6, 6.07) is 12.4. The summed E-state index contributed by atoms with van der Waals surface area (Å²) in [5.74, 6) is -2.16. The first-order chi connectivity index (χ1) is 10.5. The van der Waals surface area contributed by atoms with Crippen LogP contribution in [0.1, 0.15) is 21.5 Å². The highest BCUT2D eigenvalue weighted by Crippen LogP contribution is 2.15. The smallest absolute Gasteiger partial charge is 0.336 e. The topological polar surface area (TPSA) is 61.7 Å². The standard InChI is InChI=1S/C16H12ClFN2O2/c1-10(11-6-8-12(17)9-7-11)19-20-15(18)13-4-2-3-5-14(13)16(21)22/h2-9,19H,1H2,(H,21,22)/b20-15-. The third-order valence-electron chi connectivity index (χ3n) is 2.86. The third kappa shape index (κ3) is 3.71. The predicted octanol–water partition coefficient (Wildman–Crippen LogP) is 3.93. The number of carbonyl (C=O) groups is 1. The maximum Gasteiger partial charge on any atom is 0.336 e. The Balaban J connectivity index is 2.18. The van der Waals surface area contributed by atoms with E-state index in [2.05, 4.69) is 17.1 Å². The summed E-state index contributed by atoms with van der Waals surface area (Å²) >= 11 is 5.78. The Bertz CT molecular complexity index is 742. The molecule has 0 aliphatic heterocycles. The van der Waals surface area contributed by atoms with Crippen LogP contribution in [0.2, 0.25) is 5.02 Å². The van der Waals surface area contributed by atoms with Gasteiger partial charge in [-0.25, -0.2) is 4.79 Å². The fourth-order valence-corrected chi connectivity index (χ4v) is 1.87. The van der Waals surface area contributed by atoms with Gasteiger partial charge in [-0.15, -0.1) is 5.10 Å². The summed E-state index contributed by atoms with van der Waals surface area (Å²) in [4.78, 5) is 11.0. The molecule has 0 aliphatic carbocycles. The monoisotopic (exact) mass is 318 g/mol. The minimum absolute atomic E-state index is 0.105. The lowest BCUT2D eigenvalue weighted by atomic mass is 10.1. The molecule has 2 aromatic carbocycles. The lowest BCUT2D eigenvalue weighted by Crippen LogP contribution is -2.10. The number of rotatable bonds is 5. The molecule has 0 saturated heterocycles. The van der Waals surface area contributed by atoms with E-state index in [4.69, 9.17) is 16.7 Å². The first kappa shape index (κ1) is 15.7. The second-order valence-electron chi connectivity index (χ2n) is 4.35. The van der Waals surface area contributed by atoms with Gasteiger partial charge in [-0.3, -0.25) is 5.43 Å². The second kappa shape index (κ2) is 6.87. The van der Waals surface area contributed by atoms with Crippen molar-refractivity contribution in [1.82, 2.24) is 5.43 Å². The van der Waals surface area contributed by atoms with E-state index in [1.54, 1.807) is 24.3 Å². The summed E-state index contributed by atoms with van der Waals surface area (Å²) < 4.78 is 14.1. The lowest BCUT2D eigenvalue weighted by molar-refractivity contribution is 0.0696. The van der Waals surface area contributed by atoms with Gasteiger partial charge in [0.05, 0.1) is 11.3 Å². The van der Waals surface area contributed by atoms with Crippen LogP contribution >= 0.6 is 11.6 Å². The molecule has 0 aliphatic rings. The Morgan fingerprint density at radius 1 is 1.14 bits per heavy atom. The Hall–Kier alpha value is -2.66. The lowest BCUT2D eigenvalue weighted by Gasteiger charge is -2.06. The van der Waals surface area contributed by atoms with Crippen molar-refractivity contribution in [2.75, 3.05) is 0 Å². The van der Waals surface area contributed by atoms with Gasteiger partial charge < -0.3 is 5.11 Å². The normalized spacial score (nSPS) is 11.1. The van der Waals surface area contributed by atoms with Crippen LogP contribution in [-0.2, 0) is 0 Å². The fourth-order valence-electron chi connectivity index (χ4n) is 1.74. The number of hydrazone groups is 1. The van der Waals surface area contributed by atoms with Gasteiger partial charge in [0.15, 0.2) is 0 Å². The first-order valence-electron chi connectivity index (χ1n) is 6.26. The van der Waals surface area contributed by atoms with Crippen molar-refractivity contribution < 1.29 is 14.3 Å². The number of nitrogens with zero attached hydrogens (tertiary/aromatic N) is 1. The maximum atomic E-state index is 14.1. The van der Waals surface area contributed by atoms with Crippen LogP contribution in [0.25, 0.3) is 5.70 Å². The van der Waals surface area contributed by atoms with Gasteiger partial charge in [-0.2, -0.15) is 4.39 Å². The number of halogens is 2. The van der Waals surface area contributed by atoms with Crippen LogP contribution in [0.3, 0.4) is 0 Å². The minimum atomic E-state index is -1.22. The summed E-state index contributed by atoms with van der Waals surface area (Å²) in [5, 5.41) is 13.1. The van der Waals surface area contributed by atoms with Crippen LogP contribution in [0.4, 0.5) is 4.39 Å². The molecule has 2 N–H and O–H groups in total. The molecule has 0 atom stereocenters. The highest BCUT2D eigenvalue weighted by molar-refractivity contribution is 6.30. The van der Waals surface area contributed by atoms with Gasteiger partial charge in [-0.05, 0) is 29.8 Å². The largest absolute Gasteiger partial charge is 0.478 e. The van der Waals surface area contributed by atoms with Crippen molar-refractivity contribution in [3.05, 3.63) is 76.8 Å². The van der Waals surface area contributed by atoms with Crippen molar-refractivity contribution in [1.29, 1.82) is 0 Å². The van der Waals surface area contributed by atoms with Gasteiger partial charge in [0, 0.05) is 10.6 Å². The molecule has 0 amide bonds. The van der Waals surface area contributed by atoms with Gasteiger partial charge in [0.2, 0.25) is 5.97 Å². The summed E-state index contributed by atoms with van der Waals surface area (Å²) in [6.07, 6.45) is 0. The van der Waals surface area contributed by atoms with Gasteiger partial charge in [0.25, 0.3) is 0 Å². The molecule has 0 saturated carbocycles. The van der Waals surface area contributed by atoms with E-state index in [1.165, 1.54) is 24.3 Å². The zero-order chi connectivity index (χ0) is 16.1. The Kier molecular flexibility index (Phi) is 4.91. The summed E-state index contributed by atoms with van der Waals surface area (Å²) in [7, 11) is 0. The molecule has 0 aromatic heterocycles. The molecule has 2 aromatic rings. The molecule has 0 bridgehead atoms. The Morgan fingerprint density at radius 3 is 2.32 bits per heavy atom. The maximum absolute atomic E-state index is 14.1. The van der Waals surface area contributed by atoms with Crippen LogP contribution in [0.5, 0.6) is 0 Å². The van der Waals surface area contributed by atoms with E-state index in [9.17, 15) is 9.18 Å². The van der Waals surface area contributed by atoms with Crippen LogP contribution in [0.15, 0.2) is 60.2 Å². The minimum Gasteiger partial charge on any atom is -0.478 e. The average Bonchev–Trinajstić information content (AvgIpc) is 2.53. The van der Waals surface area contributed by atoms with E-state index in [-0.39, 0.29) is 11.1 Å². The van der Waals surface area contributed by atoms with E-state index in [0.717, 1.165) is 0 Å². The van der Waals surface area contributed by atoms with Crippen molar-refractivity contribution in [2.24, 2.45) is 5.10 Å². The zero-order valence-electron chi connectivity index (χ0n) is 11.4. The third-order valence-corrected chi connectivity index (χ3v) is 3.11.